The van der Waals surface area contributed by atoms with Crippen LogP contribution in [0.3, 0.4) is 0 Å². The number of carbonyl (C=O) groups is 2. The van der Waals surface area contributed by atoms with Gasteiger partial charge in [0.1, 0.15) is 5.78 Å². The first-order valence-electron chi connectivity index (χ1n) is 3.83. The Morgan fingerprint density at radius 3 is 2.58 bits per heavy atom. The maximum atomic E-state index is 10.9. The molecule has 0 bridgehead atoms. The molecule has 0 aromatic carbocycles. The molecule has 12 heavy (non-hydrogen) atoms. The molecule has 4 nitrogen and oxygen atoms in total. The van der Waals surface area contributed by atoms with Crippen molar-refractivity contribution >= 4 is 17.5 Å². The lowest BCUT2D eigenvalue weighted by Crippen LogP contribution is -2.25. The topological polar surface area (TPSA) is 55.7 Å². The first-order chi connectivity index (χ1) is 5.54. The summed E-state index contributed by atoms with van der Waals surface area (Å²) in [6.07, 6.45) is 0. The zero-order valence-corrected chi connectivity index (χ0v) is 7.33. The molecule has 0 radical (unpaired) electrons. The second-order valence-corrected chi connectivity index (χ2v) is 2.98. The van der Waals surface area contributed by atoms with Gasteiger partial charge >= 0.3 is 5.97 Å². The van der Waals surface area contributed by atoms with Gasteiger partial charge in [0.25, 0.3) is 0 Å². The van der Waals surface area contributed by atoms with Gasteiger partial charge in [0.05, 0.1) is 17.5 Å². The van der Waals surface area contributed by atoms with E-state index in [-0.39, 0.29) is 23.6 Å². The van der Waals surface area contributed by atoms with Crippen LogP contribution in [0.15, 0.2) is 5.16 Å². The molecule has 2 atom stereocenters. The van der Waals surface area contributed by atoms with Crippen LogP contribution >= 0.6 is 0 Å². The first-order valence-corrected chi connectivity index (χ1v) is 3.83. The number of carbonyl (C=O) groups excluding carboxylic acids is 2. The SMILES string of the molecule is CC(=O)C(C)C1=NOC(=O)C1C. The van der Waals surface area contributed by atoms with Gasteiger partial charge in [0.2, 0.25) is 0 Å². The van der Waals surface area contributed by atoms with Crippen LogP contribution in [-0.4, -0.2) is 17.5 Å². The molecule has 0 aliphatic carbocycles. The molecule has 1 aliphatic rings. The summed E-state index contributed by atoms with van der Waals surface area (Å²) in [6.45, 7) is 4.88. The van der Waals surface area contributed by atoms with Crippen molar-refractivity contribution in [3.05, 3.63) is 0 Å². The third-order valence-corrected chi connectivity index (χ3v) is 2.09. The average molecular weight is 169 g/mol. The predicted molar refractivity (Wildman–Crippen MR) is 42.5 cm³/mol. The third kappa shape index (κ3) is 1.37. The van der Waals surface area contributed by atoms with Crippen molar-refractivity contribution in [2.45, 2.75) is 20.8 Å². The van der Waals surface area contributed by atoms with E-state index in [1.54, 1.807) is 13.8 Å². The van der Waals surface area contributed by atoms with E-state index in [1.165, 1.54) is 6.92 Å². The molecule has 4 heteroatoms. The van der Waals surface area contributed by atoms with E-state index in [4.69, 9.17) is 0 Å². The highest BCUT2D eigenvalue weighted by Crippen LogP contribution is 2.17. The summed E-state index contributed by atoms with van der Waals surface area (Å²) < 4.78 is 0. The minimum Gasteiger partial charge on any atom is -0.318 e. The smallest absolute Gasteiger partial charge is 0.318 e. The van der Waals surface area contributed by atoms with E-state index in [0.29, 0.717) is 5.71 Å². The van der Waals surface area contributed by atoms with E-state index < -0.39 is 0 Å². The van der Waals surface area contributed by atoms with Gasteiger partial charge in [0, 0.05) is 0 Å². The fourth-order valence-electron chi connectivity index (χ4n) is 1.04. The summed E-state index contributed by atoms with van der Waals surface area (Å²) in [5.74, 6) is -1.06. The maximum Gasteiger partial charge on any atom is 0.343 e. The summed E-state index contributed by atoms with van der Waals surface area (Å²) >= 11 is 0. The fraction of sp³-hybridized carbons (Fsp3) is 0.625. The van der Waals surface area contributed by atoms with E-state index in [1.807, 2.05) is 0 Å². The van der Waals surface area contributed by atoms with E-state index >= 15 is 0 Å². The first kappa shape index (κ1) is 8.90. The maximum absolute atomic E-state index is 10.9. The number of rotatable bonds is 2. The average Bonchev–Trinajstić information content (AvgIpc) is 2.32. The number of ketones is 1. The van der Waals surface area contributed by atoms with Gasteiger partial charge in [-0.15, -0.1) is 0 Å². The lowest BCUT2D eigenvalue weighted by molar-refractivity contribution is -0.142. The molecule has 0 N–H and O–H groups in total. The van der Waals surface area contributed by atoms with Crippen LogP contribution in [0.5, 0.6) is 0 Å². The summed E-state index contributed by atoms with van der Waals surface area (Å²) in [5, 5.41) is 3.57. The van der Waals surface area contributed by atoms with Crippen LogP contribution < -0.4 is 0 Å². The number of hydrogen-bond acceptors (Lipinski definition) is 4. The number of hydrogen-bond donors (Lipinski definition) is 0. The number of oxime groups is 1. The Morgan fingerprint density at radius 1 is 1.67 bits per heavy atom. The predicted octanol–water partition coefficient (Wildman–Crippen LogP) is 0.760. The van der Waals surface area contributed by atoms with Crippen molar-refractivity contribution in [1.82, 2.24) is 0 Å². The molecule has 0 aromatic rings. The van der Waals surface area contributed by atoms with Gasteiger partial charge in [-0.1, -0.05) is 12.1 Å². The molecule has 0 spiro atoms. The lowest BCUT2D eigenvalue weighted by atomic mass is 9.92. The van der Waals surface area contributed by atoms with Crippen LogP contribution in [-0.2, 0) is 14.4 Å². The van der Waals surface area contributed by atoms with Crippen molar-refractivity contribution in [3.8, 4) is 0 Å². The standard InChI is InChI=1S/C8H11NO3/c1-4(6(3)10)7-5(2)8(11)12-9-7/h4-5H,1-3H3. The summed E-state index contributed by atoms with van der Waals surface area (Å²) in [5.41, 5.74) is 0.535. The van der Waals surface area contributed by atoms with Gasteiger partial charge in [-0.25, -0.2) is 4.79 Å². The summed E-state index contributed by atoms with van der Waals surface area (Å²) in [4.78, 5) is 26.2. The van der Waals surface area contributed by atoms with E-state index in [9.17, 15) is 9.59 Å². The highest BCUT2D eigenvalue weighted by Gasteiger charge is 2.33. The molecule has 1 rings (SSSR count). The Labute approximate surface area is 70.6 Å². The quantitative estimate of drug-likeness (QED) is 0.573. The Kier molecular flexibility index (Phi) is 2.26. The van der Waals surface area contributed by atoms with Crippen molar-refractivity contribution in [1.29, 1.82) is 0 Å². The van der Waals surface area contributed by atoms with Gasteiger partial charge in [-0.2, -0.15) is 0 Å². The largest absolute Gasteiger partial charge is 0.343 e. The molecule has 0 amide bonds. The Bertz CT molecular complexity index is 257. The van der Waals surface area contributed by atoms with Crippen molar-refractivity contribution in [3.63, 3.8) is 0 Å². The molecule has 2 unspecified atom stereocenters. The van der Waals surface area contributed by atoms with Gasteiger partial charge in [-0.05, 0) is 13.8 Å². The number of Topliss-reactive ketones (excluding diaryl/α,β-unsaturated/α-hetero) is 1. The summed E-state index contributed by atoms with van der Waals surface area (Å²) in [7, 11) is 0. The van der Waals surface area contributed by atoms with Crippen LogP contribution in [0.4, 0.5) is 0 Å². The summed E-state index contributed by atoms with van der Waals surface area (Å²) in [6, 6.07) is 0. The second kappa shape index (κ2) is 3.05. The monoisotopic (exact) mass is 169 g/mol. The molecule has 66 valence electrons. The molecular formula is C8H11NO3. The third-order valence-electron chi connectivity index (χ3n) is 2.09. The molecule has 0 saturated carbocycles. The molecular weight excluding hydrogens is 158 g/mol. The molecule has 0 fully saturated rings. The van der Waals surface area contributed by atoms with Crippen molar-refractivity contribution in [2.24, 2.45) is 17.0 Å². The van der Waals surface area contributed by atoms with Crippen molar-refractivity contribution in [2.75, 3.05) is 0 Å². The zero-order valence-electron chi connectivity index (χ0n) is 7.33. The molecule has 0 saturated heterocycles. The highest BCUT2D eigenvalue weighted by atomic mass is 16.7. The molecule has 1 aliphatic heterocycles. The van der Waals surface area contributed by atoms with E-state index in [0.717, 1.165) is 0 Å². The van der Waals surface area contributed by atoms with Crippen LogP contribution in [0.25, 0.3) is 0 Å². The van der Waals surface area contributed by atoms with E-state index in [2.05, 4.69) is 9.99 Å². The zero-order chi connectivity index (χ0) is 9.30. The van der Waals surface area contributed by atoms with Crippen LogP contribution in [0.2, 0.25) is 0 Å². The highest BCUT2D eigenvalue weighted by molar-refractivity contribution is 6.13. The van der Waals surface area contributed by atoms with Crippen LogP contribution in [0, 0.1) is 11.8 Å². The Hall–Kier alpha value is -1.19. The van der Waals surface area contributed by atoms with Gasteiger partial charge in [-0.3, -0.25) is 4.79 Å². The molecule has 0 aromatic heterocycles. The Balaban J connectivity index is 2.77. The molecule has 1 heterocycles. The normalized spacial score (nSPS) is 24.8. The Morgan fingerprint density at radius 2 is 2.25 bits per heavy atom. The minimum absolute atomic E-state index is 0.00102. The van der Waals surface area contributed by atoms with Gasteiger partial charge < -0.3 is 4.84 Å². The van der Waals surface area contributed by atoms with Gasteiger partial charge in [0.15, 0.2) is 0 Å². The van der Waals surface area contributed by atoms with Crippen molar-refractivity contribution < 1.29 is 14.4 Å². The van der Waals surface area contributed by atoms with Crippen LogP contribution in [0.1, 0.15) is 20.8 Å². The number of nitrogens with zero attached hydrogens (tertiary/aromatic N) is 1. The fourth-order valence-corrected chi connectivity index (χ4v) is 1.04. The lowest BCUT2D eigenvalue weighted by Gasteiger charge is -2.07. The second-order valence-electron chi connectivity index (χ2n) is 2.98. The minimum atomic E-state index is -0.377.